The molecule has 0 atom stereocenters. The zero-order valence-corrected chi connectivity index (χ0v) is 12.9. The molecule has 1 aromatic carbocycles. The van der Waals surface area contributed by atoms with Crippen LogP contribution < -0.4 is 10.1 Å². The number of ether oxygens (including phenoxy) is 1. The van der Waals surface area contributed by atoms with Gasteiger partial charge in [0.05, 0.1) is 12.4 Å². The minimum absolute atomic E-state index is 0.0596. The van der Waals surface area contributed by atoms with Crippen LogP contribution in [-0.4, -0.2) is 23.3 Å². The number of carbonyl (C=O) groups is 1. The van der Waals surface area contributed by atoms with Gasteiger partial charge in [0.2, 0.25) is 5.91 Å². The Kier molecular flexibility index (Phi) is 5.63. The minimum atomic E-state index is -0.0596. The summed E-state index contributed by atoms with van der Waals surface area (Å²) in [5.41, 5.74) is 0.955. The maximum absolute atomic E-state index is 11.9. The molecule has 0 aliphatic heterocycles. The molecule has 1 heterocycles. The second-order valence-corrected chi connectivity index (χ2v) is 5.46. The molecule has 0 aliphatic carbocycles. The van der Waals surface area contributed by atoms with Crippen LogP contribution in [0, 0.1) is 6.92 Å². The molecule has 110 valence electrons. The number of amides is 1. The highest BCUT2D eigenvalue weighted by Crippen LogP contribution is 2.21. The Morgan fingerprint density at radius 2 is 2.05 bits per heavy atom. The summed E-state index contributed by atoms with van der Waals surface area (Å²) in [6.45, 7) is 4.52. The maximum atomic E-state index is 11.9. The van der Waals surface area contributed by atoms with Crippen molar-refractivity contribution in [3.63, 3.8) is 0 Å². The summed E-state index contributed by atoms with van der Waals surface area (Å²) in [6, 6.07) is 11.5. The predicted octanol–water partition coefficient (Wildman–Crippen LogP) is 3.52. The second kappa shape index (κ2) is 7.69. The molecule has 4 nitrogen and oxygen atoms in total. The molecule has 0 fully saturated rings. The highest BCUT2D eigenvalue weighted by molar-refractivity contribution is 8.00. The number of pyridine rings is 1. The van der Waals surface area contributed by atoms with Crippen molar-refractivity contribution in [3.05, 3.63) is 48.2 Å². The number of aryl methyl sites for hydroxylation is 1. The summed E-state index contributed by atoms with van der Waals surface area (Å²) in [4.78, 5) is 17.1. The Hall–Kier alpha value is -2.01. The fraction of sp³-hybridized carbons (Fsp3) is 0.250. The number of benzene rings is 1. The number of thioether (sulfide) groups is 1. The van der Waals surface area contributed by atoms with Gasteiger partial charge in [-0.2, -0.15) is 0 Å². The number of anilines is 1. The molecule has 1 aromatic heterocycles. The van der Waals surface area contributed by atoms with Gasteiger partial charge in [-0.3, -0.25) is 4.79 Å². The molecule has 2 aromatic rings. The van der Waals surface area contributed by atoms with Crippen LogP contribution in [0.1, 0.15) is 12.5 Å². The van der Waals surface area contributed by atoms with Gasteiger partial charge >= 0.3 is 0 Å². The van der Waals surface area contributed by atoms with Gasteiger partial charge in [0, 0.05) is 11.1 Å². The SMILES string of the molecule is CCOc1ccc(SCC(=O)Nc2ncccc2C)cc1. The molecule has 2 rings (SSSR count). The van der Waals surface area contributed by atoms with Crippen LogP contribution in [0.3, 0.4) is 0 Å². The van der Waals surface area contributed by atoms with Crippen LogP contribution >= 0.6 is 11.8 Å². The van der Waals surface area contributed by atoms with E-state index in [2.05, 4.69) is 10.3 Å². The lowest BCUT2D eigenvalue weighted by Gasteiger charge is -2.07. The standard InChI is InChI=1S/C16H18N2O2S/c1-3-20-13-6-8-14(9-7-13)21-11-15(19)18-16-12(2)5-4-10-17-16/h4-10H,3,11H2,1-2H3,(H,17,18,19). The van der Waals surface area contributed by atoms with E-state index in [4.69, 9.17) is 4.74 Å². The van der Waals surface area contributed by atoms with Gasteiger partial charge in [0.1, 0.15) is 11.6 Å². The van der Waals surface area contributed by atoms with Gasteiger partial charge in [0.25, 0.3) is 0 Å². The molecule has 0 unspecified atom stereocenters. The lowest BCUT2D eigenvalue weighted by molar-refractivity contribution is -0.113. The Morgan fingerprint density at radius 1 is 1.29 bits per heavy atom. The van der Waals surface area contributed by atoms with Crippen molar-refractivity contribution in [2.45, 2.75) is 18.7 Å². The Morgan fingerprint density at radius 3 is 2.71 bits per heavy atom. The Balaban J connectivity index is 1.85. The number of nitrogens with one attached hydrogen (secondary N) is 1. The first-order chi connectivity index (χ1) is 10.2. The fourth-order valence-corrected chi connectivity index (χ4v) is 2.43. The third-order valence-corrected chi connectivity index (χ3v) is 3.78. The van der Waals surface area contributed by atoms with Gasteiger partial charge in [0.15, 0.2) is 0 Å². The van der Waals surface area contributed by atoms with Crippen LogP contribution in [0.4, 0.5) is 5.82 Å². The molecule has 0 bridgehead atoms. The Labute approximate surface area is 128 Å². The van der Waals surface area contributed by atoms with Crippen molar-refractivity contribution in [2.75, 3.05) is 17.7 Å². The summed E-state index contributed by atoms with van der Waals surface area (Å²) in [7, 11) is 0. The van der Waals surface area contributed by atoms with Crippen LogP contribution in [0.25, 0.3) is 0 Å². The highest BCUT2D eigenvalue weighted by atomic mass is 32.2. The van der Waals surface area contributed by atoms with E-state index < -0.39 is 0 Å². The first-order valence-corrected chi connectivity index (χ1v) is 7.74. The first-order valence-electron chi connectivity index (χ1n) is 6.76. The summed E-state index contributed by atoms with van der Waals surface area (Å²) < 4.78 is 5.38. The van der Waals surface area contributed by atoms with Crippen molar-refractivity contribution < 1.29 is 9.53 Å². The van der Waals surface area contributed by atoms with Crippen molar-refractivity contribution in [2.24, 2.45) is 0 Å². The summed E-state index contributed by atoms with van der Waals surface area (Å²) in [6.07, 6.45) is 1.67. The van der Waals surface area contributed by atoms with Gasteiger partial charge in [-0.1, -0.05) is 6.07 Å². The zero-order chi connectivity index (χ0) is 15.1. The topological polar surface area (TPSA) is 51.2 Å². The fourth-order valence-electron chi connectivity index (χ4n) is 1.73. The van der Waals surface area contributed by atoms with Crippen molar-refractivity contribution in [1.29, 1.82) is 0 Å². The third-order valence-electron chi connectivity index (χ3n) is 2.77. The summed E-state index contributed by atoms with van der Waals surface area (Å²) in [5.74, 6) is 1.75. The number of carbonyl (C=O) groups excluding carboxylic acids is 1. The van der Waals surface area contributed by atoms with Crippen LogP contribution in [0.5, 0.6) is 5.75 Å². The maximum Gasteiger partial charge on any atom is 0.235 e. The Bertz CT molecular complexity index is 599. The smallest absolute Gasteiger partial charge is 0.235 e. The number of aromatic nitrogens is 1. The van der Waals surface area contributed by atoms with E-state index in [0.29, 0.717) is 18.2 Å². The molecule has 0 radical (unpaired) electrons. The van der Waals surface area contributed by atoms with Crippen LogP contribution in [0.15, 0.2) is 47.5 Å². The quantitative estimate of drug-likeness (QED) is 0.830. The van der Waals surface area contributed by atoms with Gasteiger partial charge < -0.3 is 10.1 Å². The monoisotopic (exact) mass is 302 g/mol. The lowest BCUT2D eigenvalue weighted by atomic mass is 10.3. The lowest BCUT2D eigenvalue weighted by Crippen LogP contribution is -2.15. The molecule has 0 saturated heterocycles. The number of hydrogen-bond donors (Lipinski definition) is 1. The van der Waals surface area contributed by atoms with Crippen molar-refractivity contribution in [1.82, 2.24) is 4.98 Å². The molecular weight excluding hydrogens is 284 g/mol. The normalized spacial score (nSPS) is 10.2. The third kappa shape index (κ3) is 4.79. The van der Waals surface area contributed by atoms with E-state index in [1.165, 1.54) is 11.8 Å². The average Bonchev–Trinajstić information content (AvgIpc) is 2.49. The number of hydrogen-bond acceptors (Lipinski definition) is 4. The van der Waals surface area contributed by atoms with Gasteiger partial charge in [-0.25, -0.2) is 4.98 Å². The molecule has 0 aliphatic rings. The van der Waals surface area contributed by atoms with E-state index in [1.54, 1.807) is 6.20 Å². The summed E-state index contributed by atoms with van der Waals surface area (Å²) >= 11 is 1.49. The van der Waals surface area contributed by atoms with E-state index in [9.17, 15) is 4.79 Å². The molecule has 1 amide bonds. The largest absolute Gasteiger partial charge is 0.494 e. The van der Waals surface area contributed by atoms with E-state index >= 15 is 0 Å². The van der Waals surface area contributed by atoms with E-state index in [1.807, 2.05) is 50.2 Å². The van der Waals surface area contributed by atoms with Crippen LogP contribution in [0.2, 0.25) is 0 Å². The molecule has 0 spiro atoms. The predicted molar refractivity (Wildman–Crippen MR) is 85.9 cm³/mol. The van der Waals surface area contributed by atoms with Gasteiger partial charge in [-0.15, -0.1) is 11.8 Å². The van der Waals surface area contributed by atoms with Crippen molar-refractivity contribution >= 4 is 23.5 Å². The first kappa shape index (κ1) is 15.4. The minimum Gasteiger partial charge on any atom is -0.494 e. The molecule has 21 heavy (non-hydrogen) atoms. The van der Waals surface area contributed by atoms with E-state index in [-0.39, 0.29) is 5.91 Å². The van der Waals surface area contributed by atoms with Crippen molar-refractivity contribution in [3.8, 4) is 5.75 Å². The summed E-state index contributed by atoms with van der Waals surface area (Å²) in [5, 5.41) is 2.82. The number of nitrogens with zero attached hydrogens (tertiary/aromatic N) is 1. The van der Waals surface area contributed by atoms with Gasteiger partial charge in [-0.05, 0) is 49.7 Å². The zero-order valence-electron chi connectivity index (χ0n) is 12.1. The second-order valence-electron chi connectivity index (χ2n) is 4.41. The number of rotatable bonds is 6. The molecular formula is C16H18N2O2S. The average molecular weight is 302 g/mol. The van der Waals surface area contributed by atoms with Crippen LogP contribution in [-0.2, 0) is 4.79 Å². The molecule has 0 saturated carbocycles. The molecule has 5 heteroatoms. The highest BCUT2D eigenvalue weighted by Gasteiger charge is 2.06. The van der Waals surface area contributed by atoms with E-state index in [0.717, 1.165) is 16.2 Å². The molecule has 1 N–H and O–H groups in total.